The van der Waals surface area contributed by atoms with Gasteiger partial charge < -0.3 is 5.32 Å². The summed E-state index contributed by atoms with van der Waals surface area (Å²) in [7, 11) is 0. The SMILES string of the molecule is O=C(Cn1nc(-c2ccc(Br)cc2)ccc1=O)Nc1cc(F)ccc1Cl. The van der Waals surface area contributed by atoms with E-state index < -0.39 is 17.3 Å². The zero-order chi connectivity index (χ0) is 18.7. The molecule has 1 heterocycles. The van der Waals surface area contributed by atoms with Gasteiger partial charge in [-0.05, 0) is 36.4 Å². The number of carbonyl (C=O) groups excluding carboxylic acids is 1. The molecular formula is C18H12BrClFN3O2. The van der Waals surface area contributed by atoms with Crippen molar-refractivity contribution in [2.24, 2.45) is 0 Å². The zero-order valence-corrected chi connectivity index (χ0v) is 15.6. The first-order valence-electron chi connectivity index (χ1n) is 7.51. The van der Waals surface area contributed by atoms with Crippen LogP contribution in [-0.4, -0.2) is 15.7 Å². The van der Waals surface area contributed by atoms with Crippen molar-refractivity contribution in [1.29, 1.82) is 0 Å². The Hall–Kier alpha value is -2.51. The number of nitrogens with one attached hydrogen (secondary N) is 1. The second-order valence-corrected chi connectivity index (χ2v) is 6.72. The molecule has 3 aromatic rings. The molecule has 1 aromatic heterocycles. The molecule has 0 aliphatic heterocycles. The molecule has 3 rings (SSSR count). The molecule has 0 fully saturated rings. The van der Waals surface area contributed by atoms with Crippen molar-refractivity contribution in [1.82, 2.24) is 9.78 Å². The minimum atomic E-state index is -0.542. The zero-order valence-electron chi connectivity index (χ0n) is 13.2. The van der Waals surface area contributed by atoms with Gasteiger partial charge in [0.25, 0.3) is 5.56 Å². The van der Waals surface area contributed by atoms with Crippen molar-refractivity contribution in [3.8, 4) is 11.3 Å². The maximum absolute atomic E-state index is 13.3. The quantitative estimate of drug-likeness (QED) is 0.670. The van der Waals surface area contributed by atoms with Gasteiger partial charge in [-0.15, -0.1) is 0 Å². The molecule has 0 aliphatic rings. The molecular weight excluding hydrogens is 425 g/mol. The van der Waals surface area contributed by atoms with E-state index in [0.717, 1.165) is 20.8 Å². The number of halogens is 3. The number of hydrogen-bond donors (Lipinski definition) is 1. The molecule has 8 heteroatoms. The van der Waals surface area contributed by atoms with Crippen LogP contribution in [-0.2, 0) is 11.3 Å². The number of benzene rings is 2. The van der Waals surface area contributed by atoms with E-state index in [1.165, 1.54) is 18.2 Å². The Balaban J connectivity index is 1.81. The maximum Gasteiger partial charge on any atom is 0.267 e. The fraction of sp³-hybridized carbons (Fsp3) is 0.0556. The van der Waals surface area contributed by atoms with E-state index in [1.54, 1.807) is 6.07 Å². The van der Waals surface area contributed by atoms with E-state index in [0.29, 0.717) is 5.69 Å². The Labute approximate surface area is 161 Å². The second-order valence-electron chi connectivity index (χ2n) is 5.39. The van der Waals surface area contributed by atoms with Crippen molar-refractivity contribution < 1.29 is 9.18 Å². The van der Waals surface area contributed by atoms with E-state index in [1.807, 2.05) is 24.3 Å². The van der Waals surface area contributed by atoms with Gasteiger partial charge in [-0.2, -0.15) is 5.10 Å². The van der Waals surface area contributed by atoms with Crippen LogP contribution in [0, 0.1) is 5.82 Å². The summed E-state index contributed by atoms with van der Waals surface area (Å²) >= 11 is 9.28. The van der Waals surface area contributed by atoms with Crippen molar-refractivity contribution in [2.45, 2.75) is 6.54 Å². The highest BCUT2D eigenvalue weighted by molar-refractivity contribution is 9.10. The van der Waals surface area contributed by atoms with Crippen LogP contribution >= 0.6 is 27.5 Å². The van der Waals surface area contributed by atoms with Gasteiger partial charge in [0.05, 0.1) is 16.4 Å². The lowest BCUT2D eigenvalue weighted by Crippen LogP contribution is -2.29. The van der Waals surface area contributed by atoms with E-state index in [4.69, 9.17) is 11.6 Å². The maximum atomic E-state index is 13.3. The third-order valence-electron chi connectivity index (χ3n) is 3.50. The van der Waals surface area contributed by atoms with Gasteiger partial charge in [0.2, 0.25) is 5.91 Å². The molecule has 1 amide bonds. The summed E-state index contributed by atoms with van der Waals surface area (Å²) in [6.07, 6.45) is 0. The minimum absolute atomic E-state index is 0.133. The summed E-state index contributed by atoms with van der Waals surface area (Å²) < 4.78 is 15.2. The first-order chi connectivity index (χ1) is 12.4. The van der Waals surface area contributed by atoms with Crippen molar-refractivity contribution in [2.75, 3.05) is 5.32 Å². The molecule has 1 N–H and O–H groups in total. The fourth-order valence-corrected chi connectivity index (χ4v) is 2.68. The summed E-state index contributed by atoms with van der Waals surface area (Å²) in [5.41, 5.74) is 1.06. The highest BCUT2D eigenvalue weighted by Crippen LogP contribution is 2.22. The van der Waals surface area contributed by atoms with Crippen LogP contribution in [0.4, 0.5) is 10.1 Å². The lowest BCUT2D eigenvalue weighted by molar-refractivity contribution is -0.117. The molecule has 132 valence electrons. The summed E-state index contributed by atoms with van der Waals surface area (Å²) in [4.78, 5) is 24.2. The first-order valence-corrected chi connectivity index (χ1v) is 8.68. The largest absolute Gasteiger partial charge is 0.323 e. The fourth-order valence-electron chi connectivity index (χ4n) is 2.26. The smallest absolute Gasteiger partial charge is 0.267 e. The van der Waals surface area contributed by atoms with Gasteiger partial charge in [-0.25, -0.2) is 9.07 Å². The Morgan fingerprint density at radius 3 is 2.62 bits per heavy atom. The monoisotopic (exact) mass is 435 g/mol. The molecule has 0 radical (unpaired) electrons. The summed E-state index contributed by atoms with van der Waals surface area (Å²) in [6, 6.07) is 13.9. The van der Waals surface area contributed by atoms with Crippen LogP contribution in [0.5, 0.6) is 0 Å². The number of carbonyl (C=O) groups is 1. The van der Waals surface area contributed by atoms with Gasteiger partial charge in [0.1, 0.15) is 12.4 Å². The molecule has 0 saturated heterocycles. The number of hydrogen-bond acceptors (Lipinski definition) is 3. The van der Waals surface area contributed by atoms with Gasteiger partial charge in [0.15, 0.2) is 0 Å². The lowest BCUT2D eigenvalue weighted by atomic mass is 10.1. The molecule has 26 heavy (non-hydrogen) atoms. The molecule has 0 aliphatic carbocycles. The first kappa shape index (κ1) is 18.3. The van der Waals surface area contributed by atoms with Crippen LogP contribution in [0.25, 0.3) is 11.3 Å². The van der Waals surface area contributed by atoms with Crippen LogP contribution in [0.15, 0.2) is 63.9 Å². The third kappa shape index (κ3) is 4.36. The van der Waals surface area contributed by atoms with E-state index >= 15 is 0 Å². The number of amides is 1. The number of aromatic nitrogens is 2. The lowest BCUT2D eigenvalue weighted by Gasteiger charge is -2.09. The molecule has 0 spiro atoms. The van der Waals surface area contributed by atoms with Gasteiger partial charge >= 0.3 is 0 Å². The Morgan fingerprint density at radius 2 is 1.88 bits per heavy atom. The average Bonchev–Trinajstić information content (AvgIpc) is 2.61. The number of rotatable bonds is 4. The van der Waals surface area contributed by atoms with Crippen LogP contribution in [0.2, 0.25) is 5.02 Å². The molecule has 0 bridgehead atoms. The Bertz CT molecular complexity index is 1020. The van der Waals surface area contributed by atoms with Crippen LogP contribution < -0.4 is 10.9 Å². The van der Waals surface area contributed by atoms with E-state index in [2.05, 4.69) is 26.3 Å². The molecule has 0 saturated carbocycles. The predicted molar refractivity (Wildman–Crippen MR) is 102 cm³/mol. The van der Waals surface area contributed by atoms with Crippen molar-refractivity contribution in [3.63, 3.8) is 0 Å². The third-order valence-corrected chi connectivity index (χ3v) is 4.36. The van der Waals surface area contributed by atoms with Crippen molar-refractivity contribution >= 4 is 39.1 Å². The minimum Gasteiger partial charge on any atom is -0.323 e. The van der Waals surface area contributed by atoms with Crippen molar-refractivity contribution in [3.05, 3.63) is 80.3 Å². The highest BCUT2D eigenvalue weighted by atomic mass is 79.9. The average molecular weight is 437 g/mol. The van der Waals surface area contributed by atoms with Gasteiger partial charge in [-0.1, -0.05) is 39.7 Å². The summed E-state index contributed by atoms with van der Waals surface area (Å²) in [5, 5.41) is 6.89. The second kappa shape index (κ2) is 7.80. The summed E-state index contributed by atoms with van der Waals surface area (Å²) in [5.74, 6) is -1.07. The number of nitrogens with zero attached hydrogens (tertiary/aromatic N) is 2. The standard InChI is InChI=1S/C18H12BrClFN3O2/c19-12-3-1-11(2-4-12)15-7-8-18(26)24(23-15)10-17(25)22-16-9-13(21)5-6-14(16)20/h1-9H,10H2,(H,22,25). The van der Waals surface area contributed by atoms with Crippen LogP contribution in [0.1, 0.15) is 0 Å². The van der Waals surface area contributed by atoms with Gasteiger partial charge in [-0.3, -0.25) is 9.59 Å². The van der Waals surface area contributed by atoms with E-state index in [-0.39, 0.29) is 17.3 Å². The highest BCUT2D eigenvalue weighted by Gasteiger charge is 2.11. The molecule has 0 unspecified atom stereocenters. The van der Waals surface area contributed by atoms with E-state index in [9.17, 15) is 14.0 Å². The van der Waals surface area contributed by atoms with Crippen LogP contribution in [0.3, 0.4) is 0 Å². The predicted octanol–water partition coefficient (Wildman–Crippen LogP) is 4.10. The Morgan fingerprint density at radius 1 is 1.15 bits per heavy atom. The molecule has 5 nitrogen and oxygen atoms in total. The molecule has 0 atom stereocenters. The van der Waals surface area contributed by atoms with Gasteiger partial charge in [0, 0.05) is 16.1 Å². The number of anilines is 1. The normalized spacial score (nSPS) is 10.6. The Kier molecular flexibility index (Phi) is 5.49. The molecule has 2 aromatic carbocycles. The topological polar surface area (TPSA) is 64.0 Å². The summed E-state index contributed by atoms with van der Waals surface area (Å²) in [6.45, 7) is -0.323.